The molecule has 2 atom stereocenters. The number of nitrogens with zero attached hydrogens (tertiary/aromatic N) is 2. The van der Waals surface area contributed by atoms with Crippen LogP contribution in [0.5, 0.6) is 11.5 Å². The molecule has 1 aromatic heterocycles. The molecule has 9 heteroatoms. The molecule has 0 radical (unpaired) electrons. The minimum atomic E-state index is -0.969. The number of halogens is 1. The van der Waals surface area contributed by atoms with E-state index in [2.05, 4.69) is 11.9 Å². The maximum absolute atomic E-state index is 13.9. The van der Waals surface area contributed by atoms with E-state index in [1.807, 2.05) is 13.0 Å². The van der Waals surface area contributed by atoms with Crippen molar-refractivity contribution in [3.63, 3.8) is 0 Å². The van der Waals surface area contributed by atoms with Crippen molar-refractivity contribution in [1.82, 2.24) is 4.98 Å². The third-order valence-electron chi connectivity index (χ3n) is 7.10. The molecule has 40 heavy (non-hydrogen) atoms. The second-order valence-electron chi connectivity index (χ2n) is 10.0. The average Bonchev–Trinajstić information content (AvgIpc) is 3.60. The van der Waals surface area contributed by atoms with Gasteiger partial charge in [-0.05, 0) is 73.0 Å². The quantitative estimate of drug-likeness (QED) is 0.120. The first-order valence-corrected chi connectivity index (χ1v) is 14.1. The Morgan fingerprint density at radius 1 is 1.18 bits per heavy atom. The zero-order valence-electron chi connectivity index (χ0n) is 22.0. The number of anilines is 1. The lowest BCUT2D eigenvalue weighted by Gasteiger charge is -2.23. The van der Waals surface area contributed by atoms with Crippen molar-refractivity contribution in [2.45, 2.75) is 45.3 Å². The van der Waals surface area contributed by atoms with Gasteiger partial charge in [0.2, 0.25) is 0 Å². The monoisotopic (exact) mass is 558 g/mol. The number of rotatable bonds is 7. The highest BCUT2D eigenvalue weighted by Crippen LogP contribution is 2.45. The fraction of sp³-hybridized carbons (Fsp3) is 0.258. The molecule has 7 nitrogen and oxygen atoms in total. The van der Waals surface area contributed by atoms with Crippen LogP contribution in [0, 0.1) is 5.82 Å². The van der Waals surface area contributed by atoms with Crippen molar-refractivity contribution in [2.75, 3.05) is 11.5 Å². The van der Waals surface area contributed by atoms with Gasteiger partial charge in [-0.1, -0.05) is 36.8 Å². The smallest absolute Gasteiger partial charge is 0.301 e. The highest BCUT2D eigenvalue weighted by atomic mass is 32.1. The molecule has 3 heterocycles. The Morgan fingerprint density at radius 2 is 2.02 bits per heavy atom. The summed E-state index contributed by atoms with van der Waals surface area (Å²) in [6.45, 7) is 4.56. The molecule has 0 saturated carbocycles. The van der Waals surface area contributed by atoms with E-state index in [4.69, 9.17) is 9.47 Å². The van der Waals surface area contributed by atoms with Crippen LogP contribution in [0.2, 0.25) is 0 Å². The lowest BCUT2D eigenvalue weighted by molar-refractivity contribution is -0.132. The summed E-state index contributed by atoms with van der Waals surface area (Å²) >= 11 is 1.11. The zero-order chi connectivity index (χ0) is 28.0. The van der Waals surface area contributed by atoms with Crippen LogP contribution in [0.3, 0.4) is 0 Å². The number of benzene rings is 3. The first-order valence-electron chi connectivity index (χ1n) is 13.2. The largest absolute Gasteiger partial charge is 0.507 e. The Balaban J connectivity index is 1.50. The number of fused-ring (bicyclic) bond motifs is 2. The van der Waals surface area contributed by atoms with Crippen molar-refractivity contribution < 1.29 is 28.6 Å². The van der Waals surface area contributed by atoms with E-state index in [-0.39, 0.29) is 22.6 Å². The van der Waals surface area contributed by atoms with E-state index < -0.39 is 23.5 Å². The Labute approximate surface area is 234 Å². The molecular weight excluding hydrogens is 531 g/mol. The van der Waals surface area contributed by atoms with Crippen molar-refractivity contribution in [3.05, 3.63) is 88.7 Å². The van der Waals surface area contributed by atoms with Gasteiger partial charge < -0.3 is 14.6 Å². The minimum absolute atomic E-state index is 0.0114. The van der Waals surface area contributed by atoms with E-state index in [9.17, 15) is 19.1 Å². The summed E-state index contributed by atoms with van der Waals surface area (Å²) in [5.74, 6) is -1.02. The number of carbonyl (C=O) groups excluding carboxylic acids is 2. The lowest BCUT2D eigenvalue weighted by Crippen LogP contribution is -2.29. The summed E-state index contributed by atoms with van der Waals surface area (Å²) in [4.78, 5) is 33.0. The third-order valence-corrected chi connectivity index (χ3v) is 8.12. The van der Waals surface area contributed by atoms with Crippen LogP contribution >= 0.6 is 11.3 Å². The molecule has 0 unspecified atom stereocenters. The molecule has 0 bridgehead atoms. The van der Waals surface area contributed by atoms with Crippen LogP contribution in [0.4, 0.5) is 9.52 Å². The molecular formula is C31H27FN2O5S. The minimum Gasteiger partial charge on any atom is -0.507 e. The summed E-state index contributed by atoms with van der Waals surface area (Å²) < 4.78 is 26.2. The summed E-state index contributed by atoms with van der Waals surface area (Å²) in [6, 6.07) is 15.6. The Bertz CT molecular complexity index is 1680. The summed E-state index contributed by atoms with van der Waals surface area (Å²) in [5.41, 5.74) is 2.38. The van der Waals surface area contributed by atoms with Gasteiger partial charge >= 0.3 is 5.91 Å². The van der Waals surface area contributed by atoms with Gasteiger partial charge in [-0.3, -0.25) is 14.5 Å². The Morgan fingerprint density at radius 3 is 2.85 bits per heavy atom. The van der Waals surface area contributed by atoms with Crippen LogP contribution in [0.15, 0.2) is 66.2 Å². The first kappa shape index (κ1) is 26.0. The SMILES string of the molecule is CCCCOc1cccc([C@@H]2C(=C(O)c3ccc4c(c3)C[C@@H](C)O4)C(=O)C(=O)N2c2nc3ccc(F)cc3s2)c1. The highest BCUT2D eigenvalue weighted by Gasteiger charge is 2.48. The number of ether oxygens (including phenoxy) is 2. The highest BCUT2D eigenvalue weighted by molar-refractivity contribution is 7.22. The van der Waals surface area contributed by atoms with Gasteiger partial charge in [0.1, 0.15) is 29.2 Å². The first-order chi connectivity index (χ1) is 19.3. The van der Waals surface area contributed by atoms with E-state index in [1.165, 1.54) is 23.1 Å². The number of aromatic nitrogens is 1. The number of aliphatic hydroxyl groups excluding tert-OH is 1. The predicted octanol–water partition coefficient (Wildman–Crippen LogP) is 6.56. The predicted molar refractivity (Wildman–Crippen MR) is 151 cm³/mol. The third kappa shape index (κ3) is 4.60. The average molecular weight is 559 g/mol. The van der Waals surface area contributed by atoms with Gasteiger partial charge in [0.15, 0.2) is 5.13 Å². The Hall–Kier alpha value is -4.24. The molecule has 1 N–H and O–H groups in total. The number of hydrogen-bond acceptors (Lipinski definition) is 7. The fourth-order valence-electron chi connectivity index (χ4n) is 5.17. The lowest BCUT2D eigenvalue weighted by atomic mass is 9.94. The molecule has 2 aliphatic rings. The van der Waals surface area contributed by atoms with Gasteiger partial charge in [-0.2, -0.15) is 0 Å². The maximum Gasteiger partial charge on any atom is 0.301 e. The van der Waals surface area contributed by atoms with Crippen molar-refractivity contribution in [2.24, 2.45) is 0 Å². The number of hydrogen-bond donors (Lipinski definition) is 1. The molecule has 1 fully saturated rings. The second kappa shape index (κ2) is 10.4. The molecule has 1 amide bonds. The summed E-state index contributed by atoms with van der Waals surface area (Å²) in [5, 5.41) is 11.8. The molecule has 3 aromatic carbocycles. The second-order valence-corrected chi connectivity index (χ2v) is 11.0. The van der Waals surface area contributed by atoms with E-state index >= 15 is 0 Å². The van der Waals surface area contributed by atoms with Gasteiger partial charge in [-0.15, -0.1) is 0 Å². The number of ketones is 1. The van der Waals surface area contributed by atoms with Crippen LogP contribution < -0.4 is 14.4 Å². The van der Waals surface area contributed by atoms with Gasteiger partial charge in [0.05, 0.1) is 28.4 Å². The van der Waals surface area contributed by atoms with Crippen LogP contribution in [0.1, 0.15) is 49.4 Å². The number of unbranched alkanes of at least 4 members (excludes halogenated alkanes) is 1. The zero-order valence-corrected chi connectivity index (χ0v) is 22.8. The van der Waals surface area contributed by atoms with Crippen LogP contribution in [-0.4, -0.2) is 34.5 Å². The van der Waals surface area contributed by atoms with E-state index in [0.29, 0.717) is 40.1 Å². The molecule has 6 rings (SSSR count). The fourth-order valence-corrected chi connectivity index (χ4v) is 6.19. The van der Waals surface area contributed by atoms with Gasteiger partial charge in [0.25, 0.3) is 5.78 Å². The maximum atomic E-state index is 13.9. The van der Waals surface area contributed by atoms with Gasteiger partial charge in [-0.25, -0.2) is 9.37 Å². The van der Waals surface area contributed by atoms with E-state index in [1.54, 1.807) is 36.4 Å². The molecule has 4 aromatic rings. The Kier molecular flexibility index (Phi) is 6.75. The molecule has 2 aliphatic heterocycles. The van der Waals surface area contributed by atoms with Crippen molar-refractivity contribution in [1.29, 1.82) is 0 Å². The van der Waals surface area contributed by atoms with Gasteiger partial charge in [0, 0.05) is 12.0 Å². The number of Topliss-reactive ketones (excluding diaryl/α,β-unsaturated/α-hetero) is 1. The number of carbonyl (C=O) groups is 2. The molecule has 0 aliphatic carbocycles. The number of thiazole rings is 1. The number of aliphatic hydroxyl groups is 1. The van der Waals surface area contributed by atoms with Crippen LogP contribution in [0.25, 0.3) is 16.0 Å². The summed E-state index contributed by atoms with van der Waals surface area (Å²) in [7, 11) is 0. The number of amides is 1. The normalized spacial score (nSPS) is 19.7. The van der Waals surface area contributed by atoms with E-state index in [0.717, 1.165) is 35.5 Å². The van der Waals surface area contributed by atoms with Crippen molar-refractivity contribution in [3.8, 4) is 11.5 Å². The molecule has 0 spiro atoms. The van der Waals surface area contributed by atoms with Crippen molar-refractivity contribution >= 4 is 44.1 Å². The molecule has 204 valence electrons. The molecule has 1 saturated heterocycles. The van der Waals surface area contributed by atoms with Crippen LogP contribution in [-0.2, 0) is 16.0 Å². The topological polar surface area (TPSA) is 89.0 Å². The summed E-state index contributed by atoms with van der Waals surface area (Å²) in [6.07, 6.45) is 2.54. The standard InChI is InChI=1S/C31H27FN2O5S/c1-3-4-12-38-22-7-5-6-18(15-22)27-26(28(35)19-8-11-24-20(14-19)13-17(2)39-24)29(36)30(37)34(27)31-33-23-10-9-21(32)16-25(23)40-31/h5-11,14-17,27,35H,3-4,12-13H2,1-2H3/t17-,27-/m1/s1.